The Labute approximate surface area is 205 Å². The number of nitrogens with zero attached hydrogens (tertiary/aromatic N) is 4. The van der Waals surface area contributed by atoms with Gasteiger partial charge >= 0.3 is 0 Å². The normalized spacial score (nSPS) is 16.3. The van der Waals surface area contributed by atoms with Crippen molar-refractivity contribution in [1.82, 2.24) is 9.88 Å². The van der Waals surface area contributed by atoms with Crippen LogP contribution in [0.25, 0.3) is 0 Å². The van der Waals surface area contributed by atoms with E-state index >= 15 is 0 Å². The van der Waals surface area contributed by atoms with Crippen LogP contribution in [0.5, 0.6) is 0 Å². The number of hydrogen-bond acceptors (Lipinski definition) is 5. The third-order valence-corrected chi connectivity index (χ3v) is 6.92. The number of carbonyl (C=O) groups is 2. The molecule has 7 nitrogen and oxygen atoms in total. The number of anilines is 2. The quantitative estimate of drug-likeness (QED) is 0.614. The second-order valence-corrected chi connectivity index (χ2v) is 9.19. The highest BCUT2D eigenvalue weighted by atomic mass is 16.2. The summed E-state index contributed by atoms with van der Waals surface area (Å²) in [5, 5.41) is 12.1. The molecule has 2 saturated heterocycles. The molecule has 0 unspecified atom stereocenters. The maximum atomic E-state index is 12.7. The molecule has 2 amide bonds. The van der Waals surface area contributed by atoms with E-state index in [1.807, 2.05) is 47.4 Å². The summed E-state index contributed by atoms with van der Waals surface area (Å²) in [6, 6.07) is 21.4. The molecule has 7 heteroatoms. The van der Waals surface area contributed by atoms with Crippen molar-refractivity contribution in [3.8, 4) is 6.07 Å². The summed E-state index contributed by atoms with van der Waals surface area (Å²) in [5.74, 6) is 0.432. The van der Waals surface area contributed by atoms with Crippen LogP contribution in [0, 0.1) is 17.2 Å². The number of likely N-dealkylation sites (tertiary alicyclic amines) is 1. The zero-order valence-corrected chi connectivity index (χ0v) is 19.4. The van der Waals surface area contributed by atoms with E-state index in [1.165, 1.54) is 11.8 Å². The van der Waals surface area contributed by atoms with Crippen molar-refractivity contribution in [2.45, 2.75) is 18.8 Å². The first kappa shape index (κ1) is 22.6. The van der Waals surface area contributed by atoms with Gasteiger partial charge in [0, 0.05) is 43.6 Å². The summed E-state index contributed by atoms with van der Waals surface area (Å²) < 4.78 is 0. The van der Waals surface area contributed by atoms with Crippen molar-refractivity contribution in [3.63, 3.8) is 0 Å². The molecule has 0 radical (unpaired) electrons. The molecule has 176 valence electrons. The molecule has 0 saturated carbocycles. The fourth-order valence-electron chi connectivity index (χ4n) is 4.78. The minimum Gasteiger partial charge on any atom is -0.369 e. The second kappa shape index (κ2) is 9.98. The van der Waals surface area contributed by atoms with E-state index in [1.54, 1.807) is 12.3 Å². The fourth-order valence-corrected chi connectivity index (χ4v) is 4.78. The third-order valence-electron chi connectivity index (χ3n) is 6.92. The smallest absolute Gasteiger partial charge is 0.253 e. The van der Waals surface area contributed by atoms with Crippen molar-refractivity contribution in [2.75, 3.05) is 36.4 Å². The Morgan fingerprint density at radius 3 is 2.37 bits per heavy atom. The lowest BCUT2D eigenvalue weighted by molar-refractivity contribution is -0.120. The zero-order chi connectivity index (χ0) is 24.2. The molecule has 2 aliphatic rings. The molecule has 2 fully saturated rings. The fraction of sp³-hybridized carbons (Fsp3) is 0.286. The van der Waals surface area contributed by atoms with E-state index in [4.69, 9.17) is 5.26 Å². The Balaban J connectivity index is 1.10. The Kier molecular flexibility index (Phi) is 6.44. The molecule has 1 N–H and O–H groups in total. The minimum absolute atomic E-state index is 0.00568. The van der Waals surface area contributed by atoms with Crippen molar-refractivity contribution in [3.05, 3.63) is 89.7 Å². The van der Waals surface area contributed by atoms with Crippen LogP contribution in [0.4, 0.5) is 11.4 Å². The van der Waals surface area contributed by atoms with Crippen molar-refractivity contribution in [2.24, 2.45) is 5.92 Å². The van der Waals surface area contributed by atoms with E-state index in [0.29, 0.717) is 24.6 Å². The van der Waals surface area contributed by atoms with Crippen LogP contribution < -0.4 is 10.2 Å². The van der Waals surface area contributed by atoms with E-state index < -0.39 is 0 Å². The van der Waals surface area contributed by atoms with Gasteiger partial charge in [-0.1, -0.05) is 30.3 Å². The number of rotatable bonds is 5. The largest absolute Gasteiger partial charge is 0.369 e. The number of benzene rings is 2. The summed E-state index contributed by atoms with van der Waals surface area (Å²) in [6.45, 7) is 2.73. The Morgan fingerprint density at radius 2 is 1.69 bits per heavy atom. The zero-order valence-electron chi connectivity index (χ0n) is 19.4. The highest BCUT2D eigenvalue weighted by Gasteiger charge is 2.33. The number of hydrogen-bond donors (Lipinski definition) is 1. The van der Waals surface area contributed by atoms with Gasteiger partial charge in [-0.05, 0) is 54.7 Å². The van der Waals surface area contributed by atoms with Gasteiger partial charge in [-0.3, -0.25) is 14.6 Å². The number of amides is 2. The van der Waals surface area contributed by atoms with Crippen LogP contribution in [0.15, 0.2) is 73.1 Å². The molecule has 3 aromatic rings. The maximum Gasteiger partial charge on any atom is 0.253 e. The number of piperidine rings is 1. The van der Waals surface area contributed by atoms with Gasteiger partial charge < -0.3 is 15.1 Å². The van der Waals surface area contributed by atoms with Gasteiger partial charge in [-0.2, -0.15) is 5.26 Å². The molecule has 1 aromatic heterocycles. The summed E-state index contributed by atoms with van der Waals surface area (Å²) in [7, 11) is 0. The first-order valence-electron chi connectivity index (χ1n) is 12.0. The topological polar surface area (TPSA) is 89.3 Å². The van der Waals surface area contributed by atoms with E-state index in [2.05, 4.69) is 33.4 Å². The lowest BCUT2D eigenvalue weighted by Crippen LogP contribution is -2.52. The first-order chi connectivity index (χ1) is 17.1. The number of aromatic nitrogens is 1. The Morgan fingerprint density at radius 1 is 0.971 bits per heavy atom. The molecular weight excluding hydrogens is 438 g/mol. The molecule has 0 aliphatic carbocycles. The molecule has 2 aliphatic heterocycles. The van der Waals surface area contributed by atoms with Crippen LogP contribution in [-0.4, -0.2) is 47.9 Å². The monoisotopic (exact) mass is 465 g/mol. The van der Waals surface area contributed by atoms with Crippen LogP contribution >= 0.6 is 0 Å². The molecular formula is C28H27N5O2. The highest BCUT2D eigenvalue weighted by molar-refractivity contribution is 5.95. The van der Waals surface area contributed by atoms with Crippen molar-refractivity contribution < 1.29 is 9.59 Å². The van der Waals surface area contributed by atoms with Crippen molar-refractivity contribution >= 4 is 23.2 Å². The lowest BCUT2D eigenvalue weighted by Gasteiger charge is -2.39. The third kappa shape index (κ3) is 5.02. The summed E-state index contributed by atoms with van der Waals surface area (Å²) in [5.41, 5.74) is 4.17. The van der Waals surface area contributed by atoms with Gasteiger partial charge in [0.15, 0.2) is 0 Å². The highest BCUT2D eigenvalue weighted by Crippen LogP contribution is 2.30. The first-order valence-corrected chi connectivity index (χ1v) is 12.0. The number of nitriles is 1. The predicted octanol–water partition coefficient (Wildman–Crippen LogP) is 4.05. The minimum atomic E-state index is -0.0908. The van der Waals surface area contributed by atoms with Gasteiger partial charge in [0.2, 0.25) is 5.91 Å². The average molecular weight is 466 g/mol. The number of carbonyl (C=O) groups excluding carboxylic acids is 2. The summed E-state index contributed by atoms with van der Waals surface area (Å²) in [4.78, 5) is 33.4. The molecule has 5 rings (SSSR count). The number of pyridine rings is 1. The number of nitrogens with one attached hydrogen (secondary N) is 1. The van der Waals surface area contributed by atoms with Crippen LogP contribution in [0.3, 0.4) is 0 Å². The van der Waals surface area contributed by atoms with Crippen LogP contribution in [0.1, 0.15) is 40.2 Å². The van der Waals surface area contributed by atoms with Gasteiger partial charge in [0.1, 0.15) is 6.07 Å². The molecule has 0 bridgehead atoms. The van der Waals surface area contributed by atoms with E-state index in [-0.39, 0.29) is 17.7 Å². The van der Waals surface area contributed by atoms with Gasteiger partial charge in [0.05, 0.1) is 23.4 Å². The predicted molar refractivity (Wildman–Crippen MR) is 134 cm³/mol. The maximum absolute atomic E-state index is 12.7. The second-order valence-electron chi connectivity index (χ2n) is 9.19. The van der Waals surface area contributed by atoms with Gasteiger partial charge in [-0.25, -0.2) is 0 Å². The molecule has 35 heavy (non-hydrogen) atoms. The molecule has 2 aromatic carbocycles. The van der Waals surface area contributed by atoms with E-state index in [0.717, 1.165) is 42.9 Å². The standard InChI is InChI=1S/C28H27N5O2/c29-15-20-14-26(17-30-16-20)33-18-24(19-33)27(34)31-25-8-6-21(7-9-25)22-10-12-32(13-11-22)28(35)23-4-2-1-3-5-23/h1-9,14,16-17,22,24H,10-13,18-19H2,(H,31,34). The Bertz CT molecular complexity index is 1240. The average Bonchev–Trinajstić information content (AvgIpc) is 2.88. The van der Waals surface area contributed by atoms with E-state index in [9.17, 15) is 9.59 Å². The molecule has 0 atom stereocenters. The SMILES string of the molecule is N#Cc1cncc(N2CC(C(=O)Nc3ccc(C4CCN(C(=O)c5ccccc5)CC4)cc3)C2)c1. The lowest BCUT2D eigenvalue weighted by atomic mass is 9.89. The van der Waals surface area contributed by atoms with Gasteiger partial charge in [-0.15, -0.1) is 0 Å². The summed E-state index contributed by atoms with van der Waals surface area (Å²) >= 11 is 0. The van der Waals surface area contributed by atoms with Gasteiger partial charge in [0.25, 0.3) is 5.91 Å². The molecule has 0 spiro atoms. The Hall–Kier alpha value is -4.18. The summed E-state index contributed by atoms with van der Waals surface area (Å²) in [6.07, 6.45) is 5.12. The van der Waals surface area contributed by atoms with Crippen LogP contribution in [-0.2, 0) is 4.79 Å². The van der Waals surface area contributed by atoms with Crippen molar-refractivity contribution in [1.29, 1.82) is 5.26 Å². The van der Waals surface area contributed by atoms with Crippen LogP contribution in [0.2, 0.25) is 0 Å². The molecule has 3 heterocycles.